The monoisotopic (exact) mass is 248 g/mol. The Balaban J connectivity index is 1.44. The molecule has 1 saturated heterocycles. The average molecular weight is 248 g/mol. The molecule has 98 valence electrons. The van der Waals surface area contributed by atoms with E-state index in [-0.39, 0.29) is 5.91 Å². The van der Waals surface area contributed by atoms with Crippen molar-refractivity contribution in [3.63, 3.8) is 0 Å². The highest BCUT2D eigenvalue weighted by Crippen LogP contribution is 2.69. The molecule has 2 bridgehead atoms. The summed E-state index contributed by atoms with van der Waals surface area (Å²) in [6, 6.07) is 0. The second-order valence-electron chi connectivity index (χ2n) is 6.44. The largest absolute Gasteiger partial charge is 0.354 e. The summed E-state index contributed by atoms with van der Waals surface area (Å²) >= 11 is 0. The molecule has 0 aromatic heterocycles. The minimum absolute atomic E-state index is 0.0846. The van der Waals surface area contributed by atoms with Gasteiger partial charge in [0.25, 0.3) is 0 Å². The first-order valence-corrected chi connectivity index (χ1v) is 7.31. The van der Waals surface area contributed by atoms with E-state index >= 15 is 0 Å². The van der Waals surface area contributed by atoms with Crippen molar-refractivity contribution in [1.29, 1.82) is 0 Å². The summed E-state index contributed by atoms with van der Waals surface area (Å²) in [5.74, 6) is 3.87. The minimum Gasteiger partial charge on any atom is -0.354 e. The van der Waals surface area contributed by atoms with E-state index in [9.17, 15) is 9.59 Å². The third-order valence-electron chi connectivity index (χ3n) is 5.64. The Labute approximate surface area is 107 Å². The molecule has 1 aliphatic heterocycles. The van der Waals surface area contributed by atoms with Crippen molar-refractivity contribution in [2.24, 2.45) is 29.6 Å². The fourth-order valence-electron chi connectivity index (χ4n) is 4.85. The van der Waals surface area contributed by atoms with Crippen LogP contribution < -0.4 is 5.32 Å². The normalized spacial score (nSPS) is 45.4. The lowest BCUT2D eigenvalue weighted by atomic mass is 10.0. The van der Waals surface area contributed by atoms with Crippen molar-refractivity contribution in [3.05, 3.63) is 0 Å². The van der Waals surface area contributed by atoms with Gasteiger partial charge in [-0.15, -0.1) is 0 Å². The summed E-state index contributed by atoms with van der Waals surface area (Å²) in [6.07, 6.45) is 4.57. The topological polar surface area (TPSA) is 49.4 Å². The van der Waals surface area contributed by atoms with Gasteiger partial charge in [0, 0.05) is 32.0 Å². The molecular formula is C14H20N2O2. The van der Waals surface area contributed by atoms with Crippen molar-refractivity contribution in [1.82, 2.24) is 10.2 Å². The van der Waals surface area contributed by atoms with Gasteiger partial charge in [-0.1, -0.05) is 0 Å². The van der Waals surface area contributed by atoms with Gasteiger partial charge in [-0.05, 0) is 42.9 Å². The Morgan fingerprint density at radius 3 is 2.61 bits per heavy atom. The molecule has 1 heterocycles. The molecule has 0 aromatic rings. The first kappa shape index (κ1) is 10.8. The predicted octanol–water partition coefficient (Wildman–Crippen LogP) is 0.627. The molecule has 1 N–H and O–H groups in total. The maximum Gasteiger partial charge on any atom is 0.226 e. The molecule has 0 aromatic carbocycles. The second kappa shape index (κ2) is 3.72. The van der Waals surface area contributed by atoms with Crippen molar-refractivity contribution >= 4 is 11.8 Å². The number of hydrogen-bond donors (Lipinski definition) is 1. The summed E-state index contributed by atoms with van der Waals surface area (Å²) in [4.78, 5) is 25.8. The van der Waals surface area contributed by atoms with Crippen LogP contribution in [0, 0.1) is 29.6 Å². The number of carbonyl (C=O) groups excluding carboxylic acids is 2. The van der Waals surface area contributed by atoms with Gasteiger partial charge in [0.1, 0.15) is 0 Å². The van der Waals surface area contributed by atoms with Gasteiger partial charge in [0.2, 0.25) is 11.8 Å². The Bertz CT molecular complexity index is 393. The SMILES string of the molecule is O=C1CCN(C(=O)C2[C@@H]3[C@H]4CC[C@@H](C4)[C@H]23)CCN1. The lowest BCUT2D eigenvalue weighted by molar-refractivity contribution is -0.133. The zero-order valence-electron chi connectivity index (χ0n) is 10.6. The third kappa shape index (κ3) is 1.44. The van der Waals surface area contributed by atoms with Crippen LogP contribution in [0.2, 0.25) is 0 Å². The maximum atomic E-state index is 12.5. The number of carbonyl (C=O) groups is 2. The molecule has 0 radical (unpaired) electrons. The Kier molecular flexibility index (Phi) is 2.24. The first-order valence-electron chi connectivity index (χ1n) is 7.31. The fraction of sp³-hybridized carbons (Fsp3) is 0.857. The second-order valence-corrected chi connectivity index (χ2v) is 6.44. The van der Waals surface area contributed by atoms with Crippen LogP contribution in [0.3, 0.4) is 0 Å². The molecule has 4 nitrogen and oxygen atoms in total. The molecule has 0 spiro atoms. The van der Waals surface area contributed by atoms with Crippen molar-refractivity contribution in [3.8, 4) is 0 Å². The summed E-state index contributed by atoms with van der Waals surface area (Å²) in [7, 11) is 0. The van der Waals surface area contributed by atoms with Crippen LogP contribution in [-0.2, 0) is 9.59 Å². The van der Waals surface area contributed by atoms with E-state index in [0.29, 0.717) is 49.7 Å². The van der Waals surface area contributed by atoms with Crippen LogP contribution in [-0.4, -0.2) is 36.3 Å². The smallest absolute Gasteiger partial charge is 0.226 e. The molecule has 5 atom stereocenters. The standard InChI is InChI=1S/C14H20N2O2/c17-10-3-5-16(6-4-15-10)14(18)13-11-8-1-2-9(7-8)12(11)13/h8-9,11-13H,1-7H2,(H,15,17)/t8-,9-,11-,12+,13?/m0/s1. The number of rotatable bonds is 1. The Hall–Kier alpha value is -1.06. The van der Waals surface area contributed by atoms with E-state index in [1.807, 2.05) is 4.90 Å². The van der Waals surface area contributed by atoms with E-state index in [1.165, 1.54) is 19.3 Å². The summed E-state index contributed by atoms with van der Waals surface area (Å²) in [6.45, 7) is 1.95. The lowest BCUT2D eigenvalue weighted by Crippen LogP contribution is -2.36. The fourth-order valence-corrected chi connectivity index (χ4v) is 4.85. The van der Waals surface area contributed by atoms with Crippen LogP contribution in [0.25, 0.3) is 0 Å². The highest BCUT2D eigenvalue weighted by atomic mass is 16.2. The summed E-state index contributed by atoms with van der Waals surface area (Å²) in [5.41, 5.74) is 0. The van der Waals surface area contributed by atoms with Crippen molar-refractivity contribution in [2.75, 3.05) is 19.6 Å². The van der Waals surface area contributed by atoms with E-state index in [2.05, 4.69) is 5.32 Å². The molecule has 4 fully saturated rings. The molecule has 1 unspecified atom stereocenters. The van der Waals surface area contributed by atoms with Gasteiger partial charge in [0.05, 0.1) is 0 Å². The average Bonchev–Trinajstić information content (AvgIpc) is 2.91. The van der Waals surface area contributed by atoms with Crippen molar-refractivity contribution < 1.29 is 9.59 Å². The van der Waals surface area contributed by atoms with E-state index in [0.717, 1.165) is 11.8 Å². The molecule has 4 heteroatoms. The predicted molar refractivity (Wildman–Crippen MR) is 65.5 cm³/mol. The lowest BCUT2D eigenvalue weighted by Gasteiger charge is -2.21. The van der Waals surface area contributed by atoms with Gasteiger partial charge in [0.15, 0.2) is 0 Å². The summed E-state index contributed by atoms with van der Waals surface area (Å²) in [5, 5.41) is 2.84. The van der Waals surface area contributed by atoms with E-state index in [4.69, 9.17) is 0 Å². The highest BCUT2D eigenvalue weighted by molar-refractivity contribution is 5.84. The first-order chi connectivity index (χ1) is 8.75. The Morgan fingerprint density at radius 1 is 1.17 bits per heavy atom. The minimum atomic E-state index is 0.0846. The molecule has 4 aliphatic rings. The van der Waals surface area contributed by atoms with Gasteiger partial charge in [-0.25, -0.2) is 0 Å². The number of nitrogens with one attached hydrogen (secondary N) is 1. The molecule has 3 saturated carbocycles. The number of hydrogen-bond acceptors (Lipinski definition) is 2. The highest BCUT2D eigenvalue weighted by Gasteiger charge is 2.67. The number of fused-ring (bicyclic) bond motifs is 5. The molecule has 3 aliphatic carbocycles. The van der Waals surface area contributed by atoms with E-state index in [1.54, 1.807) is 0 Å². The van der Waals surface area contributed by atoms with E-state index < -0.39 is 0 Å². The number of nitrogens with zero attached hydrogens (tertiary/aromatic N) is 1. The maximum absolute atomic E-state index is 12.5. The van der Waals surface area contributed by atoms with Crippen LogP contribution in [0.4, 0.5) is 0 Å². The Morgan fingerprint density at radius 2 is 1.89 bits per heavy atom. The van der Waals surface area contributed by atoms with Gasteiger partial charge in [-0.3, -0.25) is 9.59 Å². The van der Waals surface area contributed by atoms with Crippen LogP contribution in [0.1, 0.15) is 25.7 Å². The zero-order valence-corrected chi connectivity index (χ0v) is 10.6. The summed E-state index contributed by atoms with van der Waals surface area (Å²) < 4.78 is 0. The molecule has 2 amide bonds. The molecule has 18 heavy (non-hydrogen) atoms. The van der Waals surface area contributed by atoms with Crippen LogP contribution >= 0.6 is 0 Å². The molecular weight excluding hydrogens is 228 g/mol. The van der Waals surface area contributed by atoms with Crippen LogP contribution in [0.15, 0.2) is 0 Å². The van der Waals surface area contributed by atoms with Crippen LogP contribution in [0.5, 0.6) is 0 Å². The number of amides is 2. The third-order valence-corrected chi connectivity index (χ3v) is 5.64. The molecule has 4 rings (SSSR count). The van der Waals surface area contributed by atoms with Gasteiger partial charge < -0.3 is 10.2 Å². The quantitative estimate of drug-likeness (QED) is 0.740. The zero-order chi connectivity index (χ0) is 12.3. The van der Waals surface area contributed by atoms with Crippen molar-refractivity contribution in [2.45, 2.75) is 25.7 Å². The van der Waals surface area contributed by atoms with Gasteiger partial charge >= 0.3 is 0 Å². The van der Waals surface area contributed by atoms with Gasteiger partial charge in [-0.2, -0.15) is 0 Å².